The molecule has 0 atom stereocenters. The lowest BCUT2D eigenvalue weighted by Gasteiger charge is -2.04. The summed E-state index contributed by atoms with van der Waals surface area (Å²) in [6.07, 6.45) is 4.07. The monoisotopic (exact) mass is 240 g/mol. The third kappa shape index (κ3) is 3.66. The Morgan fingerprint density at radius 3 is 2.88 bits per heavy atom. The number of carbonyl (C=O) groups excluding carboxylic acids is 1. The number of aryl methyl sites for hydroxylation is 1. The number of nitrogens with one attached hydrogen (secondary N) is 1. The molecule has 0 aliphatic carbocycles. The van der Waals surface area contributed by atoms with Crippen molar-refractivity contribution in [1.82, 2.24) is 4.98 Å². The van der Waals surface area contributed by atoms with Gasteiger partial charge in [-0.1, -0.05) is 6.92 Å². The van der Waals surface area contributed by atoms with Crippen LogP contribution in [0.15, 0.2) is 18.0 Å². The van der Waals surface area contributed by atoms with Gasteiger partial charge < -0.3 is 10.1 Å². The summed E-state index contributed by atoms with van der Waals surface area (Å²) in [7, 11) is 0. The number of aromatic nitrogens is 1. The van der Waals surface area contributed by atoms with Gasteiger partial charge in [0.1, 0.15) is 5.00 Å². The Bertz CT molecular complexity index is 385. The molecule has 0 radical (unpaired) electrons. The van der Waals surface area contributed by atoms with E-state index in [0.717, 1.165) is 10.0 Å². The second-order valence-corrected chi connectivity index (χ2v) is 4.37. The van der Waals surface area contributed by atoms with E-state index in [0.29, 0.717) is 18.6 Å². The molecule has 0 fully saturated rings. The minimum atomic E-state index is -0.265. The number of rotatable bonds is 5. The molecule has 4 nitrogen and oxygen atoms in total. The Morgan fingerprint density at radius 1 is 1.62 bits per heavy atom. The first-order valence-electron chi connectivity index (χ1n) is 5.22. The second kappa shape index (κ2) is 6.27. The van der Waals surface area contributed by atoms with Crippen LogP contribution in [0.2, 0.25) is 0 Å². The van der Waals surface area contributed by atoms with E-state index in [1.165, 1.54) is 0 Å². The van der Waals surface area contributed by atoms with Crippen LogP contribution in [-0.4, -0.2) is 17.6 Å². The van der Waals surface area contributed by atoms with Crippen molar-refractivity contribution in [3.8, 4) is 0 Å². The largest absolute Gasteiger partial charge is 0.463 e. The second-order valence-electron chi connectivity index (χ2n) is 3.13. The van der Waals surface area contributed by atoms with Crippen molar-refractivity contribution < 1.29 is 9.53 Å². The van der Waals surface area contributed by atoms with Crippen molar-refractivity contribution in [2.75, 3.05) is 11.9 Å². The van der Waals surface area contributed by atoms with Crippen LogP contribution in [0.5, 0.6) is 0 Å². The highest BCUT2D eigenvalue weighted by Crippen LogP contribution is 2.18. The Morgan fingerprint density at radius 2 is 2.38 bits per heavy atom. The highest BCUT2D eigenvalue weighted by atomic mass is 32.1. The van der Waals surface area contributed by atoms with Gasteiger partial charge in [-0.3, -0.25) is 0 Å². The van der Waals surface area contributed by atoms with E-state index in [4.69, 9.17) is 4.74 Å². The quantitative estimate of drug-likeness (QED) is 0.635. The normalized spacial score (nSPS) is 11.3. The standard InChI is InChI=1S/C11H16N2O2S/c1-4-9(11(14)15-5-2)6-13-10-7-12-8(3)16-10/h6-7,13H,4-5H2,1-3H3/b9-6+. The zero-order valence-corrected chi connectivity index (χ0v) is 10.6. The summed E-state index contributed by atoms with van der Waals surface area (Å²) < 4.78 is 4.93. The third-order valence-corrected chi connectivity index (χ3v) is 2.77. The summed E-state index contributed by atoms with van der Waals surface area (Å²) in [6, 6.07) is 0. The maximum Gasteiger partial charge on any atom is 0.335 e. The van der Waals surface area contributed by atoms with Crippen molar-refractivity contribution in [1.29, 1.82) is 0 Å². The third-order valence-electron chi connectivity index (χ3n) is 1.93. The van der Waals surface area contributed by atoms with E-state index in [2.05, 4.69) is 10.3 Å². The van der Waals surface area contributed by atoms with Crippen LogP contribution in [0.25, 0.3) is 0 Å². The summed E-state index contributed by atoms with van der Waals surface area (Å²) in [6.45, 7) is 6.05. The molecule has 1 aromatic heterocycles. The summed E-state index contributed by atoms with van der Waals surface area (Å²) in [5.74, 6) is -0.265. The smallest absolute Gasteiger partial charge is 0.335 e. The fourth-order valence-electron chi connectivity index (χ4n) is 1.12. The van der Waals surface area contributed by atoms with Crippen LogP contribution in [-0.2, 0) is 9.53 Å². The molecule has 0 saturated carbocycles. The van der Waals surface area contributed by atoms with Crippen LogP contribution >= 0.6 is 11.3 Å². The summed E-state index contributed by atoms with van der Waals surface area (Å²) >= 11 is 1.55. The molecule has 1 N–H and O–H groups in total. The molecule has 1 heterocycles. The van der Waals surface area contributed by atoms with Crippen LogP contribution in [0.4, 0.5) is 5.00 Å². The number of hydrogen-bond acceptors (Lipinski definition) is 5. The first-order valence-corrected chi connectivity index (χ1v) is 6.04. The molecule has 88 valence electrons. The Hall–Kier alpha value is -1.36. The lowest BCUT2D eigenvalue weighted by Crippen LogP contribution is -2.08. The number of carbonyl (C=O) groups is 1. The van der Waals surface area contributed by atoms with Crippen LogP contribution < -0.4 is 5.32 Å². The highest BCUT2D eigenvalue weighted by Gasteiger charge is 2.07. The average Bonchev–Trinajstić information content (AvgIpc) is 2.65. The van der Waals surface area contributed by atoms with Crippen molar-refractivity contribution in [2.45, 2.75) is 27.2 Å². The Labute approximate surface area is 99.3 Å². The number of anilines is 1. The SMILES string of the molecule is CCOC(=O)/C(=C/Nc1cnc(C)s1)CC. The molecule has 0 aromatic carbocycles. The van der Waals surface area contributed by atoms with Gasteiger partial charge in [-0.05, 0) is 20.3 Å². The van der Waals surface area contributed by atoms with Gasteiger partial charge in [-0.2, -0.15) is 0 Å². The predicted molar refractivity (Wildman–Crippen MR) is 65.5 cm³/mol. The number of thiazole rings is 1. The minimum absolute atomic E-state index is 0.265. The Kier molecular flexibility index (Phi) is 4.98. The number of nitrogens with zero attached hydrogens (tertiary/aromatic N) is 1. The molecule has 5 heteroatoms. The summed E-state index contributed by atoms with van der Waals surface area (Å²) in [5.41, 5.74) is 0.632. The van der Waals surface area contributed by atoms with Gasteiger partial charge in [0.15, 0.2) is 0 Å². The lowest BCUT2D eigenvalue weighted by molar-refractivity contribution is -0.138. The van der Waals surface area contributed by atoms with Gasteiger partial charge >= 0.3 is 5.97 Å². The first-order chi connectivity index (χ1) is 7.67. The first kappa shape index (κ1) is 12.7. The van der Waals surface area contributed by atoms with Gasteiger partial charge in [0.2, 0.25) is 0 Å². The zero-order chi connectivity index (χ0) is 12.0. The maximum absolute atomic E-state index is 11.5. The number of esters is 1. The molecule has 16 heavy (non-hydrogen) atoms. The Balaban J connectivity index is 2.62. The highest BCUT2D eigenvalue weighted by molar-refractivity contribution is 7.15. The minimum Gasteiger partial charge on any atom is -0.463 e. The van der Waals surface area contributed by atoms with Crippen LogP contribution in [0.3, 0.4) is 0 Å². The van der Waals surface area contributed by atoms with E-state index >= 15 is 0 Å². The topological polar surface area (TPSA) is 51.2 Å². The van der Waals surface area contributed by atoms with E-state index in [9.17, 15) is 4.79 Å². The van der Waals surface area contributed by atoms with E-state index < -0.39 is 0 Å². The molecule has 1 aromatic rings. The number of ether oxygens (including phenoxy) is 1. The molecule has 0 amide bonds. The van der Waals surface area contributed by atoms with E-state index in [-0.39, 0.29) is 5.97 Å². The molecule has 0 aliphatic heterocycles. The predicted octanol–water partition coefficient (Wildman–Crippen LogP) is 2.72. The van der Waals surface area contributed by atoms with Crippen molar-refractivity contribution in [2.24, 2.45) is 0 Å². The summed E-state index contributed by atoms with van der Waals surface area (Å²) in [4.78, 5) is 15.6. The molecule has 1 rings (SSSR count). The van der Waals surface area contributed by atoms with Gasteiger partial charge in [-0.15, -0.1) is 11.3 Å². The van der Waals surface area contributed by atoms with Gasteiger partial charge in [0.05, 0.1) is 23.4 Å². The van der Waals surface area contributed by atoms with Crippen molar-refractivity contribution in [3.05, 3.63) is 23.0 Å². The maximum atomic E-state index is 11.5. The van der Waals surface area contributed by atoms with Crippen LogP contribution in [0, 0.1) is 6.92 Å². The van der Waals surface area contributed by atoms with E-state index in [1.54, 1.807) is 30.7 Å². The zero-order valence-electron chi connectivity index (χ0n) is 9.74. The van der Waals surface area contributed by atoms with Gasteiger partial charge in [0.25, 0.3) is 0 Å². The molecular weight excluding hydrogens is 224 g/mol. The van der Waals surface area contributed by atoms with Gasteiger partial charge in [-0.25, -0.2) is 9.78 Å². The molecule has 0 saturated heterocycles. The van der Waals surface area contributed by atoms with E-state index in [1.807, 2.05) is 13.8 Å². The summed E-state index contributed by atoms with van der Waals surface area (Å²) in [5, 5.41) is 4.96. The fraction of sp³-hybridized carbons (Fsp3) is 0.455. The van der Waals surface area contributed by atoms with Gasteiger partial charge in [0, 0.05) is 6.20 Å². The molecule has 0 bridgehead atoms. The average molecular weight is 240 g/mol. The lowest BCUT2D eigenvalue weighted by atomic mass is 10.2. The fourth-order valence-corrected chi connectivity index (χ4v) is 1.76. The van der Waals surface area contributed by atoms with Crippen LogP contribution in [0.1, 0.15) is 25.3 Å². The van der Waals surface area contributed by atoms with Crippen molar-refractivity contribution >= 4 is 22.3 Å². The molecule has 0 unspecified atom stereocenters. The van der Waals surface area contributed by atoms with Crippen molar-refractivity contribution in [3.63, 3.8) is 0 Å². The number of hydrogen-bond donors (Lipinski definition) is 1. The molecular formula is C11H16N2O2S. The molecule has 0 spiro atoms. The molecule has 0 aliphatic rings.